The van der Waals surface area contributed by atoms with Gasteiger partial charge in [-0.2, -0.15) is 8.75 Å². The first-order chi connectivity index (χ1) is 30.0. The maximum absolute atomic E-state index is 11.5. The minimum Gasteiger partial charge on any atom is -0.494 e. The Hall–Kier alpha value is -6.69. The molecular formula is C53H49N3O4S. The van der Waals surface area contributed by atoms with Crippen LogP contribution in [0.3, 0.4) is 0 Å². The van der Waals surface area contributed by atoms with Crippen molar-refractivity contribution in [2.45, 2.75) is 65.2 Å². The molecule has 1 aromatic heterocycles. The number of aromatic carboxylic acids is 1. The summed E-state index contributed by atoms with van der Waals surface area (Å²) in [5, 5.41) is 13.6. The first-order valence-corrected chi connectivity index (χ1v) is 22.1. The van der Waals surface area contributed by atoms with Crippen molar-refractivity contribution in [2.75, 3.05) is 18.1 Å². The van der Waals surface area contributed by atoms with Crippen molar-refractivity contribution in [1.82, 2.24) is 8.75 Å². The maximum atomic E-state index is 11.5. The first-order valence-electron chi connectivity index (χ1n) is 21.3. The van der Waals surface area contributed by atoms with Crippen molar-refractivity contribution in [1.29, 1.82) is 0 Å². The second-order valence-electron chi connectivity index (χ2n) is 15.2. The quantitative estimate of drug-likeness (QED) is 0.0556. The third kappa shape index (κ3) is 9.23. The number of carbonyl (C=O) groups is 1. The molecule has 1 heterocycles. The molecule has 0 aliphatic rings. The summed E-state index contributed by atoms with van der Waals surface area (Å²) in [6.45, 7) is 5.86. The van der Waals surface area contributed by atoms with Crippen LogP contribution in [-0.4, -0.2) is 33.0 Å². The minimum absolute atomic E-state index is 0.236. The molecule has 0 unspecified atom stereocenters. The molecule has 0 saturated carbocycles. The Morgan fingerprint density at radius 2 is 1.11 bits per heavy atom. The van der Waals surface area contributed by atoms with E-state index in [-0.39, 0.29) is 5.56 Å². The first kappa shape index (κ1) is 41.1. The second kappa shape index (κ2) is 19.6. The summed E-state index contributed by atoms with van der Waals surface area (Å²) in [5.74, 6) is 7.86. The number of unbranched alkanes of at least 4 members (excludes halogenated alkanes) is 6. The molecule has 306 valence electrons. The predicted octanol–water partition coefficient (Wildman–Crippen LogP) is 14.2. The van der Waals surface area contributed by atoms with Gasteiger partial charge >= 0.3 is 5.97 Å². The zero-order valence-electron chi connectivity index (χ0n) is 34.7. The van der Waals surface area contributed by atoms with Gasteiger partial charge in [0, 0.05) is 44.0 Å². The van der Waals surface area contributed by atoms with E-state index in [1.165, 1.54) is 38.5 Å². The summed E-state index contributed by atoms with van der Waals surface area (Å²) in [6.07, 6.45) is 9.28. The number of hydrogen-bond donors (Lipinski definition) is 1. The number of anilines is 3. The van der Waals surface area contributed by atoms with Gasteiger partial charge in [-0.05, 0) is 85.1 Å². The Morgan fingerprint density at radius 1 is 0.590 bits per heavy atom. The van der Waals surface area contributed by atoms with Gasteiger partial charge in [0.1, 0.15) is 22.5 Å². The Morgan fingerprint density at radius 3 is 1.64 bits per heavy atom. The summed E-state index contributed by atoms with van der Waals surface area (Å²) in [5.41, 5.74) is 8.22. The Bertz CT molecular complexity index is 2710. The fraction of sp³-hybridized carbons (Fsp3) is 0.226. The number of fused-ring (bicyclic) bond motifs is 3. The van der Waals surface area contributed by atoms with E-state index in [2.05, 4.69) is 136 Å². The lowest BCUT2D eigenvalue weighted by Gasteiger charge is -2.29. The lowest BCUT2D eigenvalue weighted by Crippen LogP contribution is -2.12. The number of aromatic nitrogens is 2. The van der Waals surface area contributed by atoms with Crippen LogP contribution in [0.5, 0.6) is 11.5 Å². The van der Waals surface area contributed by atoms with Crippen LogP contribution in [0.2, 0.25) is 0 Å². The molecule has 0 aliphatic heterocycles. The molecule has 7 aromatic carbocycles. The van der Waals surface area contributed by atoms with Gasteiger partial charge in [0.05, 0.1) is 41.8 Å². The van der Waals surface area contributed by atoms with Crippen LogP contribution in [-0.2, 0) is 0 Å². The third-order valence-corrected chi connectivity index (χ3v) is 11.6. The molecule has 61 heavy (non-hydrogen) atoms. The summed E-state index contributed by atoms with van der Waals surface area (Å²) in [7, 11) is 0. The van der Waals surface area contributed by atoms with E-state index in [1.54, 1.807) is 12.1 Å². The van der Waals surface area contributed by atoms with E-state index in [0.29, 0.717) is 13.2 Å². The standard InChI is InChI=1S/C53H49N3O4S/c1-3-5-7-13-35-59-42-29-25-40(26-30-42)56(41-27-31-43(32-28-41)60-36-14-8-6-4-2)52-48-17-11-9-15-45(48)47(46-16-10-12-18-49(46)52)34-24-38-23-33-44(51-50(38)54-61-55-51)37-19-21-39(22-20-37)53(57)58/h9-12,15-23,25-33H,3-8,13-14,35-36H2,1-2H3,(H,57,58). The highest BCUT2D eigenvalue weighted by atomic mass is 32.1. The normalized spacial score (nSPS) is 11.1. The van der Waals surface area contributed by atoms with Crippen LogP contribution in [0.4, 0.5) is 17.1 Å². The molecule has 0 aliphatic carbocycles. The van der Waals surface area contributed by atoms with Crippen molar-refractivity contribution in [3.63, 3.8) is 0 Å². The van der Waals surface area contributed by atoms with Crippen molar-refractivity contribution in [3.05, 3.63) is 150 Å². The van der Waals surface area contributed by atoms with Gasteiger partial charge in [-0.3, -0.25) is 0 Å². The summed E-state index contributed by atoms with van der Waals surface area (Å²) >= 11 is 1.14. The number of ether oxygens (including phenoxy) is 2. The largest absolute Gasteiger partial charge is 0.494 e. The van der Waals surface area contributed by atoms with Gasteiger partial charge in [0.15, 0.2) is 0 Å². The van der Waals surface area contributed by atoms with Crippen LogP contribution in [0, 0.1) is 11.8 Å². The topological polar surface area (TPSA) is 84.8 Å². The van der Waals surface area contributed by atoms with E-state index >= 15 is 0 Å². The molecule has 8 heteroatoms. The molecule has 8 rings (SSSR count). The maximum Gasteiger partial charge on any atom is 0.335 e. The van der Waals surface area contributed by atoms with Gasteiger partial charge in [-0.25, -0.2) is 4.79 Å². The molecule has 0 amide bonds. The number of carboxylic acids is 1. The molecular weight excluding hydrogens is 775 g/mol. The summed E-state index contributed by atoms with van der Waals surface area (Å²) in [4.78, 5) is 13.8. The molecule has 0 radical (unpaired) electrons. The van der Waals surface area contributed by atoms with Crippen molar-refractivity contribution >= 4 is 67.3 Å². The molecule has 0 bridgehead atoms. The van der Waals surface area contributed by atoms with E-state index in [1.807, 2.05) is 24.3 Å². The Balaban J connectivity index is 1.21. The van der Waals surface area contributed by atoms with Crippen LogP contribution in [0.25, 0.3) is 43.7 Å². The molecule has 8 aromatic rings. The van der Waals surface area contributed by atoms with E-state index in [4.69, 9.17) is 9.47 Å². The second-order valence-corrected chi connectivity index (χ2v) is 15.7. The van der Waals surface area contributed by atoms with Gasteiger partial charge in [-0.15, -0.1) is 0 Å². The van der Waals surface area contributed by atoms with E-state index < -0.39 is 5.97 Å². The number of benzene rings is 7. The minimum atomic E-state index is -0.960. The highest BCUT2D eigenvalue weighted by Crippen LogP contribution is 2.46. The van der Waals surface area contributed by atoms with Crippen LogP contribution in [0.15, 0.2) is 133 Å². The van der Waals surface area contributed by atoms with Crippen LogP contribution >= 0.6 is 11.7 Å². The SMILES string of the molecule is CCCCCCOc1ccc(N(c2ccc(OCCCCCC)cc2)c2c3ccccc3c(C#Cc3ccc(-c4ccc(C(=O)O)cc4)c4nsnc34)c3ccccc23)cc1. The monoisotopic (exact) mass is 823 g/mol. The molecule has 0 spiro atoms. The van der Waals surface area contributed by atoms with Crippen LogP contribution in [0.1, 0.15) is 86.7 Å². The van der Waals surface area contributed by atoms with Crippen LogP contribution < -0.4 is 14.4 Å². The summed E-state index contributed by atoms with van der Waals surface area (Å²) < 4.78 is 21.7. The average Bonchev–Trinajstić information content (AvgIpc) is 3.80. The van der Waals surface area contributed by atoms with E-state index in [9.17, 15) is 9.90 Å². The van der Waals surface area contributed by atoms with E-state index in [0.717, 1.165) is 108 Å². The zero-order chi connectivity index (χ0) is 42.0. The molecule has 0 atom stereocenters. The Labute approximate surface area is 361 Å². The van der Waals surface area contributed by atoms with Crippen molar-refractivity contribution < 1.29 is 19.4 Å². The smallest absolute Gasteiger partial charge is 0.335 e. The zero-order valence-corrected chi connectivity index (χ0v) is 35.5. The third-order valence-electron chi connectivity index (χ3n) is 11.0. The number of nitrogens with zero attached hydrogens (tertiary/aromatic N) is 3. The summed E-state index contributed by atoms with van der Waals surface area (Å²) in [6, 6.07) is 44.7. The highest BCUT2D eigenvalue weighted by Gasteiger charge is 2.22. The lowest BCUT2D eigenvalue weighted by molar-refractivity contribution is 0.0697. The fourth-order valence-electron chi connectivity index (χ4n) is 7.83. The fourth-order valence-corrected chi connectivity index (χ4v) is 8.41. The Kier molecular flexibility index (Phi) is 13.2. The molecule has 7 nitrogen and oxygen atoms in total. The number of hydrogen-bond acceptors (Lipinski definition) is 7. The van der Waals surface area contributed by atoms with Gasteiger partial charge in [0.2, 0.25) is 0 Å². The van der Waals surface area contributed by atoms with Crippen molar-refractivity contribution in [2.24, 2.45) is 0 Å². The lowest BCUT2D eigenvalue weighted by atomic mass is 9.93. The highest BCUT2D eigenvalue weighted by molar-refractivity contribution is 7.00. The molecule has 0 fully saturated rings. The number of rotatable bonds is 17. The predicted molar refractivity (Wildman–Crippen MR) is 251 cm³/mol. The molecule has 0 saturated heterocycles. The van der Waals surface area contributed by atoms with Gasteiger partial charge < -0.3 is 19.5 Å². The molecule has 1 N–H and O–H groups in total. The average molecular weight is 824 g/mol. The number of carboxylic acid groups (broad SMARTS) is 1. The van der Waals surface area contributed by atoms with Gasteiger partial charge in [-0.1, -0.05) is 131 Å². The van der Waals surface area contributed by atoms with Crippen molar-refractivity contribution in [3.8, 4) is 34.5 Å². The van der Waals surface area contributed by atoms with Gasteiger partial charge in [0.25, 0.3) is 0 Å².